The van der Waals surface area contributed by atoms with Gasteiger partial charge in [-0.1, -0.05) is 26.5 Å². The maximum atomic E-state index is 12.6. The first kappa shape index (κ1) is 18.1. The monoisotopic (exact) mass is 314 g/mol. The van der Waals surface area contributed by atoms with Gasteiger partial charge in [0, 0.05) is 24.8 Å². The van der Waals surface area contributed by atoms with E-state index >= 15 is 0 Å². The van der Waals surface area contributed by atoms with Gasteiger partial charge in [-0.05, 0) is 30.7 Å². The summed E-state index contributed by atoms with van der Waals surface area (Å²) in [7, 11) is 0. The van der Waals surface area contributed by atoms with Gasteiger partial charge in [0.15, 0.2) is 0 Å². The third-order valence-electron chi connectivity index (χ3n) is 3.24. The molecule has 1 N–H and O–H groups in total. The molecule has 1 aromatic carbocycles. The summed E-state index contributed by atoms with van der Waals surface area (Å²) in [5.41, 5.74) is -0.266. The molecule has 0 saturated carbocycles. The first-order valence-corrected chi connectivity index (χ1v) is 7.25. The van der Waals surface area contributed by atoms with E-state index in [-0.39, 0.29) is 11.9 Å². The highest BCUT2D eigenvalue weighted by atomic mass is 19.4. The molecule has 0 radical (unpaired) electrons. The molecule has 1 unspecified atom stereocenters. The molecule has 0 aliphatic carbocycles. The number of halogens is 3. The van der Waals surface area contributed by atoms with E-state index in [4.69, 9.17) is 0 Å². The SMILES string of the molecule is C=CC(=O)N1CCC(Nc2cccc(C(F)(F)F)c2)C1.CC. The first-order chi connectivity index (χ1) is 10.4. The molecule has 1 saturated heterocycles. The fraction of sp³-hybridized carbons (Fsp3) is 0.438. The van der Waals surface area contributed by atoms with Gasteiger partial charge in [0.05, 0.1) is 5.56 Å². The zero-order chi connectivity index (χ0) is 16.8. The number of rotatable bonds is 3. The average molecular weight is 314 g/mol. The van der Waals surface area contributed by atoms with Crippen molar-refractivity contribution in [2.45, 2.75) is 32.5 Å². The summed E-state index contributed by atoms with van der Waals surface area (Å²) in [5, 5.41) is 3.03. The molecule has 1 aliphatic heterocycles. The molecule has 0 bridgehead atoms. The Morgan fingerprint density at radius 1 is 1.41 bits per heavy atom. The van der Waals surface area contributed by atoms with E-state index in [2.05, 4.69) is 11.9 Å². The van der Waals surface area contributed by atoms with E-state index < -0.39 is 11.7 Å². The van der Waals surface area contributed by atoms with Crippen molar-refractivity contribution in [1.29, 1.82) is 0 Å². The number of nitrogens with zero attached hydrogens (tertiary/aromatic N) is 1. The Hall–Kier alpha value is -1.98. The fourth-order valence-electron chi connectivity index (χ4n) is 2.23. The molecule has 1 aliphatic rings. The van der Waals surface area contributed by atoms with Crippen LogP contribution in [0.15, 0.2) is 36.9 Å². The smallest absolute Gasteiger partial charge is 0.380 e. The third kappa shape index (κ3) is 4.79. The molecule has 2 rings (SSSR count). The highest BCUT2D eigenvalue weighted by Crippen LogP contribution is 2.31. The number of benzene rings is 1. The van der Waals surface area contributed by atoms with Gasteiger partial charge in [-0.15, -0.1) is 0 Å². The standard InChI is InChI=1S/C14H15F3N2O.C2H6/c1-2-13(20)19-7-6-12(9-19)18-11-5-3-4-10(8-11)14(15,16)17;1-2/h2-5,8,12,18H,1,6-7,9H2;1-2H3. The van der Waals surface area contributed by atoms with Crippen LogP contribution in [-0.2, 0) is 11.0 Å². The van der Waals surface area contributed by atoms with E-state index in [1.54, 1.807) is 11.0 Å². The van der Waals surface area contributed by atoms with Gasteiger partial charge < -0.3 is 10.2 Å². The number of likely N-dealkylation sites (tertiary alicyclic amines) is 1. The summed E-state index contributed by atoms with van der Waals surface area (Å²) >= 11 is 0. The molecular weight excluding hydrogens is 293 g/mol. The Balaban J connectivity index is 0.00000116. The van der Waals surface area contributed by atoms with Crippen LogP contribution in [0, 0.1) is 0 Å². The second-order valence-electron chi connectivity index (χ2n) is 4.70. The van der Waals surface area contributed by atoms with E-state index in [1.165, 1.54) is 12.1 Å². The average Bonchev–Trinajstić information content (AvgIpc) is 2.96. The highest BCUT2D eigenvalue weighted by molar-refractivity contribution is 5.87. The number of nitrogens with one attached hydrogen (secondary N) is 1. The second-order valence-corrected chi connectivity index (χ2v) is 4.70. The Bertz CT molecular complexity index is 514. The zero-order valence-electron chi connectivity index (χ0n) is 12.8. The molecule has 1 aromatic rings. The Labute approximate surface area is 128 Å². The second kappa shape index (κ2) is 7.87. The van der Waals surface area contributed by atoms with E-state index in [0.29, 0.717) is 25.2 Å². The lowest BCUT2D eigenvalue weighted by molar-refractivity contribution is -0.137. The third-order valence-corrected chi connectivity index (χ3v) is 3.24. The van der Waals surface area contributed by atoms with Crippen LogP contribution in [0.2, 0.25) is 0 Å². The van der Waals surface area contributed by atoms with Gasteiger partial charge in [0.25, 0.3) is 0 Å². The summed E-state index contributed by atoms with van der Waals surface area (Å²) in [6.45, 7) is 8.47. The van der Waals surface area contributed by atoms with Crippen LogP contribution < -0.4 is 5.32 Å². The normalized spacial score (nSPS) is 17.5. The van der Waals surface area contributed by atoms with Gasteiger partial charge in [-0.3, -0.25) is 4.79 Å². The predicted molar refractivity (Wildman–Crippen MR) is 81.6 cm³/mol. The first-order valence-electron chi connectivity index (χ1n) is 7.25. The number of anilines is 1. The lowest BCUT2D eigenvalue weighted by Crippen LogP contribution is -2.30. The summed E-state index contributed by atoms with van der Waals surface area (Å²) in [5.74, 6) is -0.154. The quantitative estimate of drug-likeness (QED) is 0.857. The molecule has 122 valence electrons. The lowest BCUT2D eigenvalue weighted by atomic mass is 10.1. The topological polar surface area (TPSA) is 32.3 Å². The van der Waals surface area contributed by atoms with Crippen molar-refractivity contribution in [2.75, 3.05) is 18.4 Å². The minimum Gasteiger partial charge on any atom is -0.380 e. The molecule has 1 fully saturated rings. The molecule has 0 aromatic heterocycles. The highest BCUT2D eigenvalue weighted by Gasteiger charge is 2.31. The largest absolute Gasteiger partial charge is 0.416 e. The lowest BCUT2D eigenvalue weighted by Gasteiger charge is -2.17. The van der Waals surface area contributed by atoms with Crippen LogP contribution >= 0.6 is 0 Å². The van der Waals surface area contributed by atoms with E-state index in [1.807, 2.05) is 13.8 Å². The molecule has 3 nitrogen and oxygen atoms in total. The molecular formula is C16H21F3N2O. The van der Waals surface area contributed by atoms with Crippen molar-refractivity contribution in [3.63, 3.8) is 0 Å². The van der Waals surface area contributed by atoms with Gasteiger partial charge in [-0.25, -0.2) is 0 Å². The van der Waals surface area contributed by atoms with Crippen molar-refractivity contribution in [3.8, 4) is 0 Å². The fourth-order valence-corrected chi connectivity index (χ4v) is 2.23. The van der Waals surface area contributed by atoms with Crippen LogP contribution in [0.1, 0.15) is 25.8 Å². The van der Waals surface area contributed by atoms with Crippen LogP contribution in [0.5, 0.6) is 0 Å². The van der Waals surface area contributed by atoms with Crippen LogP contribution in [0.3, 0.4) is 0 Å². The summed E-state index contributed by atoms with van der Waals surface area (Å²) < 4.78 is 37.8. The predicted octanol–water partition coefficient (Wildman–Crippen LogP) is 3.93. The van der Waals surface area contributed by atoms with Crippen LogP contribution in [0.4, 0.5) is 18.9 Å². The van der Waals surface area contributed by atoms with Gasteiger partial charge in [-0.2, -0.15) is 13.2 Å². The number of carbonyl (C=O) groups is 1. The van der Waals surface area contributed by atoms with E-state index in [9.17, 15) is 18.0 Å². The number of amides is 1. The maximum absolute atomic E-state index is 12.6. The summed E-state index contributed by atoms with van der Waals surface area (Å²) in [6, 6.07) is 5.04. The Morgan fingerprint density at radius 3 is 2.68 bits per heavy atom. The van der Waals surface area contributed by atoms with Crippen LogP contribution in [-0.4, -0.2) is 29.9 Å². The van der Waals surface area contributed by atoms with Crippen molar-refractivity contribution >= 4 is 11.6 Å². The number of hydrogen-bond acceptors (Lipinski definition) is 2. The molecule has 1 atom stereocenters. The number of alkyl halides is 3. The summed E-state index contributed by atoms with van der Waals surface area (Å²) in [4.78, 5) is 13.1. The summed E-state index contributed by atoms with van der Waals surface area (Å²) in [6.07, 6.45) is -2.40. The number of carbonyl (C=O) groups excluding carboxylic acids is 1. The van der Waals surface area contributed by atoms with Gasteiger partial charge in [0.2, 0.25) is 5.91 Å². The Morgan fingerprint density at radius 2 is 2.09 bits per heavy atom. The molecule has 1 heterocycles. The van der Waals surface area contributed by atoms with E-state index in [0.717, 1.165) is 12.1 Å². The Kier molecular flexibility index (Phi) is 6.46. The van der Waals surface area contributed by atoms with Crippen molar-refractivity contribution in [3.05, 3.63) is 42.5 Å². The molecule has 1 amide bonds. The van der Waals surface area contributed by atoms with Crippen molar-refractivity contribution in [2.24, 2.45) is 0 Å². The van der Waals surface area contributed by atoms with Gasteiger partial charge >= 0.3 is 6.18 Å². The minimum atomic E-state index is -4.35. The van der Waals surface area contributed by atoms with Crippen LogP contribution in [0.25, 0.3) is 0 Å². The number of hydrogen-bond donors (Lipinski definition) is 1. The van der Waals surface area contributed by atoms with Crippen molar-refractivity contribution < 1.29 is 18.0 Å². The molecule has 22 heavy (non-hydrogen) atoms. The maximum Gasteiger partial charge on any atom is 0.416 e. The van der Waals surface area contributed by atoms with Gasteiger partial charge in [0.1, 0.15) is 0 Å². The molecule has 6 heteroatoms. The minimum absolute atomic E-state index is 0.0395. The zero-order valence-corrected chi connectivity index (χ0v) is 12.8. The molecule has 0 spiro atoms. The van der Waals surface area contributed by atoms with Crippen molar-refractivity contribution in [1.82, 2.24) is 4.90 Å².